The third-order valence-corrected chi connectivity index (χ3v) is 10.8. The van der Waals surface area contributed by atoms with Gasteiger partial charge >= 0.3 is 0 Å². The Morgan fingerprint density at radius 1 is 0.409 bits per heavy atom. The molecule has 0 saturated heterocycles. The van der Waals surface area contributed by atoms with Crippen LogP contribution in [0.4, 0.5) is 34.1 Å². The van der Waals surface area contributed by atoms with Gasteiger partial charge in [0, 0.05) is 22.7 Å². The molecule has 3 heteroatoms. The Balaban J connectivity index is 1.61. The first-order valence-electron chi connectivity index (χ1n) is 15.0. The van der Waals surface area contributed by atoms with E-state index in [1.54, 1.807) is 0 Å². The summed E-state index contributed by atoms with van der Waals surface area (Å²) in [5.74, 6) is 0. The van der Waals surface area contributed by atoms with Crippen LogP contribution in [-0.2, 0) is 0 Å². The average molecular weight is 591 g/mol. The first-order chi connectivity index (χ1) is 21.3. The molecular weight excluding hydrogens is 551 g/mol. The molecule has 6 aromatic carbocycles. The van der Waals surface area contributed by atoms with Gasteiger partial charge in [0.1, 0.15) is 34.1 Å². The minimum absolute atomic E-state index is 0.328. The predicted molar refractivity (Wildman–Crippen MR) is 193 cm³/mol. The van der Waals surface area contributed by atoms with Crippen LogP contribution in [0.15, 0.2) is 158 Å². The highest BCUT2D eigenvalue weighted by molar-refractivity contribution is 7.72. The smallest absolute Gasteiger partial charge is 0.124 e. The highest BCUT2D eigenvalue weighted by Gasteiger charge is 2.34. The zero-order valence-electron chi connectivity index (χ0n) is 25.8. The van der Waals surface area contributed by atoms with Gasteiger partial charge < -0.3 is 8.97 Å². The second-order valence-corrected chi connectivity index (χ2v) is 13.6. The Bertz CT molecular complexity index is 1630. The zero-order valence-corrected chi connectivity index (χ0v) is 26.7. The summed E-state index contributed by atoms with van der Waals surface area (Å²) >= 11 is 0. The standard InChI is InChI=1S/C41H39N2P/c1-32-26-28-40(38(30-32)42(3,34-18-10-6-11-19-34)35-20-12-7-13-21-35)44(5)41-29-27-33(2)31-39(41)43(4,36-22-14-8-15-23-36)37-24-16-9-17-25-37/h6-31H,3-4H2,1-2,5H3. The van der Waals surface area contributed by atoms with Crippen LogP contribution in [0.2, 0.25) is 0 Å². The topological polar surface area (TPSA) is 0 Å². The van der Waals surface area contributed by atoms with Gasteiger partial charge in [-0.2, -0.15) is 0 Å². The predicted octanol–water partition coefficient (Wildman–Crippen LogP) is 10.9. The van der Waals surface area contributed by atoms with E-state index in [4.69, 9.17) is 14.1 Å². The average Bonchev–Trinajstić information content (AvgIpc) is 3.08. The number of rotatable bonds is 8. The van der Waals surface area contributed by atoms with Crippen molar-refractivity contribution in [2.24, 2.45) is 0 Å². The molecule has 2 nitrogen and oxygen atoms in total. The molecular formula is C41H39N2P. The number of hydrogen-bond donors (Lipinski definition) is 0. The fraction of sp³-hybridized carbons (Fsp3) is 0.0732. The van der Waals surface area contributed by atoms with Gasteiger partial charge in [-0.1, -0.05) is 84.9 Å². The highest BCUT2D eigenvalue weighted by Crippen LogP contribution is 2.50. The lowest BCUT2D eigenvalue weighted by atomic mass is 10.1. The summed E-state index contributed by atoms with van der Waals surface area (Å²) in [6.45, 7) is 6.73. The van der Waals surface area contributed by atoms with E-state index in [0.717, 1.165) is 22.7 Å². The van der Waals surface area contributed by atoms with Crippen molar-refractivity contribution in [2.75, 3.05) is 6.66 Å². The van der Waals surface area contributed by atoms with E-state index in [1.807, 2.05) is 0 Å². The monoisotopic (exact) mass is 590 g/mol. The summed E-state index contributed by atoms with van der Waals surface area (Å²) in [4.78, 5) is 0. The Hall–Kier alpha value is -4.33. The number of quaternary nitrogens is 2. The molecule has 0 heterocycles. The minimum Gasteiger partial charge on any atom is -0.358 e. The summed E-state index contributed by atoms with van der Waals surface area (Å²) in [5, 5.41) is 2.59. The van der Waals surface area contributed by atoms with Crippen LogP contribution >= 0.6 is 7.92 Å². The zero-order chi connectivity index (χ0) is 30.7. The number of hydrogen-bond acceptors (Lipinski definition) is 0. The number of aryl methyl sites for hydroxylation is 2. The molecule has 6 aromatic rings. The van der Waals surface area contributed by atoms with Crippen LogP contribution in [0, 0.1) is 27.9 Å². The molecule has 0 aliphatic rings. The van der Waals surface area contributed by atoms with E-state index in [9.17, 15) is 0 Å². The van der Waals surface area contributed by atoms with Crippen molar-refractivity contribution in [1.82, 2.24) is 8.97 Å². The molecule has 6 rings (SSSR count). The second-order valence-electron chi connectivity index (χ2n) is 11.5. The first-order valence-corrected chi connectivity index (χ1v) is 16.8. The summed E-state index contributed by atoms with van der Waals surface area (Å²) in [5.41, 5.74) is 9.27. The molecule has 218 valence electrons. The molecule has 0 aromatic heterocycles. The van der Waals surface area contributed by atoms with Gasteiger partial charge in [0.25, 0.3) is 0 Å². The fourth-order valence-electron chi connectivity index (χ4n) is 6.16. The van der Waals surface area contributed by atoms with Gasteiger partial charge in [0.2, 0.25) is 0 Å². The Labute approximate surface area is 264 Å². The van der Waals surface area contributed by atoms with Gasteiger partial charge in [-0.25, -0.2) is 0 Å². The Morgan fingerprint density at radius 3 is 0.955 bits per heavy atom. The van der Waals surface area contributed by atoms with Gasteiger partial charge in [-0.15, -0.1) is 14.1 Å². The summed E-state index contributed by atoms with van der Waals surface area (Å²) in [6, 6.07) is 56.4. The molecule has 0 spiro atoms. The molecule has 0 saturated carbocycles. The van der Waals surface area contributed by atoms with Gasteiger partial charge in [0.05, 0.1) is 0 Å². The van der Waals surface area contributed by atoms with Gasteiger partial charge in [0.15, 0.2) is 0 Å². The van der Waals surface area contributed by atoms with E-state index >= 15 is 0 Å². The third-order valence-electron chi connectivity index (χ3n) is 8.59. The largest absolute Gasteiger partial charge is 0.358 e. The van der Waals surface area contributed by atoms with Crippen LogP contribution in [0.25, 0.3) is 0 Å². The quantitative estimate of drug-likeness (QED) is 0.0940. The van der Waals surface area contributed by atoms with E-state index in [1.165, 1.54) is 33.1 Å². The maximum atomic E-state index is 4.97. The van der Waals surface area contributed by atoms with Crippen molar-refractivity contribution in [3.05, 3.63) is 183 Å². The summed E-state index contributed by atoms with van der Waals surface area (Å²) < 4.78 is 0.655. The normalized spacial score (nSPS) is 12.0. The van der Waals surface area contributed by atoms with Gasteiger partial charge in [-0.05, 0) is 100 Å². The molecule has 0 fully saturated rings. The molecule has 44 heavy (non-hydrogen) atoms. The van der Waals surface area contributed by atoms with Crippen LogP contribution in [-0.4, -0.2) is 6.66 Å². The molecule has 0 radical (unpaired) electrons. The van der Waals surface area contributed by atoms with Crippen molar-refractivity contribution in [3.8, 4) is 0 Å². The number of benzene rings is 6. The van der Waals surface area contributed by atoms with Crippen molar-refractivity contribution in [3.63, 3.8) is 0 Å². The van der Waals surface area contributed by atoms with Crippen molar-refractivity contribution >= 4 is 52.7 Å². The molecule has 0 aliphatic heterocycles. The number of para-hydroxylation sites is 4. The summed E-state index contributed by atoms with van der Waals surface area (Å²) in [7, 11) is 9.10. The fourth-order valence-corrected chi connectivity index (χ4v) is 8.17. The van der Waals surface area contributed by atoms with Crippen LogP contribution in [0.3, 0.4) is 0 Å². The maximum Gasteiger partial charge on any atom is 0.124 e. The molecule has 0 atom stereocenters. The molecule has 0 amide bonds. The van der Waals surface area contributed by atoms with Crippen molar-refractivity contribution in [1.29, 1.82) is 0 Å². The SMILES string of the molecule is [CH2-][N+](c1ccccc1)(c1ccccc1)c1cc(C)ccc1P(C)c1ccc(C)cc1[N+]([CH2-])(c1ccccc1)c1ccccc1. The van der Waals surface area contributed by atoms with E-state index in [0.29, 0.717) is 8.97 Å². The highest BCUT2D eigenvalue weighted by atomic mass is 31.1. The first kappa shape index (κ1) is 29.7. The van der Waals surface area contributed by atoms with Crippen LogP contribution < -0.4 is 19.6 Å². The van der Waals surface area contributed by atoms with Crippen LogP contribution in [0.5, 0.6) is 0 Å². The third kappa shape index (κ3) is 5.31. The van der Waals surface area contributed by atoms with E-state index in [-0.39, 0.29) is 0 Å². The lowest BCUT2D eigenvalue weighted by molar-refractivity contribution is 0.684. The van der Waals surface area contributed by atoms with Crippen molar-refractivity contribution in [2.45, 2.75) is 13.8 Å². The van der Waals surface area contributed by atoms with Gasteiger partial charge in [-0.3, -0.25) is 0 Å². The second kappa shape index (κ2) is 12.3. The minimum atomic E-state index is -0.838. The Kier molecular flexibility index (Phi) is 8.34. The van der Waals surface area contributed by atoms with E-state index < -0.39 is 7.92 Å². The molecule has 0 N–H and O–H groups in total. The summed E-state index contributed by atoms with van der Waals surface area (Å²) in [6.07, 6.45) is 0. The molecule has 0 aliphatic carbocycles. The lowest BCUT2D eigenvalue weighted by Gasteiger charge is -2.44. The Morgan fingerprint density at radius 2 is 0.682 bits per heavy atom. The number of nitrogens with zero attached hydrogens (tertiary/aromatic N) is 2. The molecule has 0 bridgehead atoms. The van der Waals surface area contributed by atoms with E-state index in [2.05, 4.69) is 178 Å². The maximum absolute atomic E-state index is 4.97. The molecule has 0 unspecified atom stereocenters. The van der Waals surface area contributed by atoms with Crippen molar-refractivity contribution < 1.29 is 0 Å². The van der Waals surface area contributed by atoms with Crippen LogP contribution in [0.1, 0.15) is 11.1 Å². The lowest BCUT2D eigenvalue weighted by Crippen LogP contribution is -2.38.